The molecule has 0 radical (unpaired) electrons. The third-order valence-corrected chi connectivity index (χ3v) is 5.05. The molecular formula is C20H29F3N4O2. The summed E-state index contributed by atoms with van der Waals surface area (Å²) in [4.78, 5) is 7.06. The van der Waals surface area contributed by atoms with Gasteiger partial charge in [0.2, 0.25) is 0 Å². The number of nitrogens with zero attached hydrogens (tertiary/aromatic N) is 2. The van der Waals surface area contributed by atoms with Crippen molar-refractivity contribution in [3.8, 4) is 5.75 Å². The van der Waals surface area contributed by atoms with E-state index in [0.717, 1.165) is 31.8 Å². The number of morpholine rings is 1. The van der Waals surface area contributed by atoms with Crippen LogP contribution in [0, 0.1) is 0 Å². The van der Waals surface area contributed by atoms with E-state index in [1.807, 2.05) is 6.92 Å². The Balaban J connectivity index is 1.47. The molecule has 2 unspecified atom stereocenters. The first-order chi connectivity index (χ1) is 13.9. The average Bonchev–Trinajstić information content (AvgIpc) is 3.16. The van der Waals surface area contributed by atoms with Crippen LogP contribution in [0.25, 0.3) is 0 Å². The predicted molar refractivity (Wildman–Crippen MR) is 105 cm³/mol. The van der Waals surface area contributed by atoms with E-state index in [0.29, 0.717) is 25.1 Å². The zero-order chi connectivity index (χ0) is 20.7. The maximum Gasteiger partial charge on any atom is 0.422 e. The molecule has 0 bridgehead atoms. The van der Waals surface area contributed by atoms with Crippen LogP contribution in [-0.2, 0) is 11.3 Å². The van der Waals surface area contributed by atoms with E-state index in [-0.39, 0.29) is 11.9 Å². The van der Waals surface area contributed by atoms with Crippen LogP contribution in [0.3, 0.4) is 0 Å². The molecule has 0 aliphatic carbocycles. The molecular weight excluding hydrogens is 385 g/mol. The molecule has 3 rings (SSSR count). The van der Waals surface area contributed by atoms with E-state index in [2.05, 4.69) is 20.5 Å². The predicted octanol–water partition coefficient (Wildman–Crippen LogP) is 2.55. The van der Waals surface area contributed by atoms with Crippen LogP contribution in [0.5, 0.6) is 5.75 Å². The van der Waals surface area contributed by atoms with Crippen LogP contribution in [0.15, 0.2) is 29.3 Å². The number of benzene rings is 1. The lowest BCUT2D eigenvalue weighted by atomic mass is 10.2. The normalized spacial score (nSPS) is 23.0. The number of hydrogen-bond donors (Lipinski definition) is 2. The largest absolute Gasteiger partial charge is 0.484 e. The Kier molecular flexibility index (Phi) is 7.60. The summed E-state index contributed by atoms with van der Waals surface area (Å²) < 4.78 is 47.3. The third kappa shape index (κ3) is 7.08. The highest BCUT2D eigenvalue weighted by Crippen LogP contribution is 2.22. The van der Waals surface area contributed by atoms with Gasteiger partial charge in [0.15, 0.2) is 12.6 Å². The van der Waals surface area contributed by atoms with Crippen LogP contribution in [0.1, 0.15) is 25.3 Å². The molecule has 162 valence electrons. The Morgan fingerprint density at radius 2 is 2.07 bits per heavy atom. The average molecular weight is 414 g/mol. The molecule has 0 saturated carbocycles. The lowest BCUT2D eigenvalue weighted by Gasteiger charge is -2.35. The topological polar surface area (TPSA) is 58.1 Å². The molecule has 2 aliphatic heterocycles. The minimum absolute atomic E-state index is 0.137. The molecule has 0 amide bonds. The lowest BCUT2D eigenvalue weighted by molar-refractivity contribution is -0.153. The van der Waals surface area contributed by atoms with Crippen molar-refractivity contribution in [1.29, 1.82) is 0 Å². The summed E-state index contributed by atoms with van der Waals surface area (Å²) in [6, 6.07) is 7.07. The lowest BCUT2D eigenvalue weighted by Crippen LogP contribution is -2.51. The molecule has 2 saturated heterocycles. The molecule has 2 atom stereocenters. The first-order valence-corrected chi connectivity index (χ1v) is 10.1. The molecule has 6 nitrogen and oxygen atoms in total. The summed E-state index contributed by atoms with van der Waals surface area (Å²) in [5.74, 6) is 0.881. The highest BCUT2D eigenvalue weighted by Gasteiger charge is 2.32. The number of guanidine groups is 1. The molecule has 2 fully saturated rings. The van der Waals surface area contributed by atoms with E-state index in [4.69, 9.17) is 9.47 Å². The molecule has 0 aromatic heterocycles. The monoisotopic (exact) mass is 414 g/mol. The Morgan fingerprint density at radius 3 is 2.79 bits per heavy atom. The third-order valence-electron chi connectivity index (χ3n) is 5.05. The Labute approximate surface area is 169 Å². The fourth-order valence-corrected chi connectivity index (χ4v) is 3.59. The minimum Gasteiger partial charge on any atom is -0.484 e. The van der Waals surface area contributed by atoms with Gasteiger partial charge >= 0.3 is 6.18 Å². The van der Waals surface area contributed by atoms with Gasteiger partial charge < -0.3 is 20.1 Å². The molecule has 0 spiro atoms. The molecule has 9 heteroatoms. The number of hydrogen-bond acceptors (Lipinski definition) is 4. The quantitative estimate of drug-likeness (QED) is 0.531. The SMILES string of the molecule is CCNC(=NCc1ccc(OCC(F)(F)F)cc1)NCC1CN2CCCC2CO1. The molecule has 1 aromatic rings. The smallest absolute Gasteiger partial charge is 0.422 e. The van der Waals surface area contributed by atoms with Crippen molar-refractivity contribution in [1.82, 2.24) is 15.5 Å². The number of nitrogens with one attached hydrogen (secondary N) is 2. The van der Waals surface area contributed by atoms with Crippen molar-refractivity contribution in [3.63, 3.8) is 0 Å². The highest BCUT2D eigenvalue weighted by molar-refractivity contribution is 5.79. The van der Waals surface area contributed by atoms with Crippen LogP contribution < -0.4 is 15.4 Å². The molecule has 1 aromatic carbocycles. The van der Waals surface area contributed by atoms with Crippen molar-refractivity contribution in [3.05, 3.63) is 29.8 Å². The van der Waals surface area contributed by atoms with Gasteiger partial charge in [-0.3, -0.25) is 4.90 Å². The second-order valence-corrected chi connectivity index (χ2v) is 7.37. The van der Waals surface area contributed by atoms with Gasteiger partial charge in [0.25, 0.3) is 0 Å². The fraction of sp³-hybridized carbons (Fsp3) is 0.650. The zero-order valence-corrected chi connectivity index (χ0v) is 16.7. The van der Waals surface area contributed by atoms with Gasteiger partial charge in [0.05, 0.1) is 19.3 Å². The number of ether oxygens (including phenoxy) is 2. The summed E-state index contributed by atoms with van der Waals surface area (Å²) in [5.41, 5.74) is 0.885. The van der Waals surface area contributed by atoms with Crippen molar-refractivity contribution in [2.24, 2.45) is 4.99 Å². The Morgan fingerprint density at radius 1 is 1.28 bits per heavy atom. The highest BCUT2D eigenvalue weighted by atomic mass is 19.4. The van der Waals surface area contributed by atoms with Gasteiger partial charge in [-0.15, -0.1) is 0 Å². The van der Waals surface area contributed by atoms with Crippen LogP contribution in [-0.4, -0.2) is 68.6 Å². The summed E-state index contributed by atoms with van der Waals surface area (Å²) in [6.07, 6.45) is -1.73. The number of rotatable bonds is 7. The second kappa shape index (κ2) is 10.2. The van der Waals surface area contributed by atoms with E-state index in [9.17, 15) is 13.2 Å². The van der Waals surface area contributed by atoms with Gasteiger partial charge in [-0.05, 0) is 44.0 Å². The van der Waals surface area contributed by atoms with Gasteiger partial charge in [-0.1, -0.05) is 12.1 Å². The van der Waals surface area contributed by atoms with Gasteiger partial charge in [0.1, 0.15) is 5.75 Å². The maximum absolute atomic E-state index is 12.2. The molecule has 2 heterocycles. The first-order valence-electron chi connectivity index (χ1n) is 10.1. The van der Waals surface area contributed by atoms with Crippen molar-refractivity contribution in [2.45, 2.75) is 44.6 Å². The summed E-state index contributed by atoms with van der Waals surface area (Å²) >= 11 is 0. The van der Waals surface area contributed by atoms with E-state index in [1.54, 1.807) is 12.1 Å². The number of aliphatic imine (C=N–C) groups is 1. The van der Waals surface area contributed by atoms with E-state index < -0.39 is 12.8 Å². The number of alkyl halides is 3. The Bertz CT molecular complexity index is 667. The van der Waals surface area contributed by atoms with Crippen LogP contribution >= 0.6 is 0 Å². The van der Waals surface area contributed by atoms with Crippen molar-refractivity contribution >= 4 is 5.96 Å². The minimum atomic E-state index is -4.34. The number of halogens is 3. The van der Waals surface area contributed by atoms with Gasteiger partial charge in [-0.2, -0.15) is 13.2 Å². The van der Waals surface area contributed by atoms with Crippen molar-refractivity contribution < 1.29 is 22.6 Å². The maximum atomic E-state index is 12.2. The second-order valence-electron chi connectivity index (χ2n) is 7.37. The Hall–Kier alpha value is -2.00. The standard InChI is InChI=1S/C20H29F3N4O2/c1-2-24-19(26-11-18-12-27-9-3-4-16(27)13-28-18)25-10-15-5-7-17(8-6-15)29-14-20(21,22)23/h5-8,16,18H,2-4,9-14H2,1H3,(H2,24,25,26). The first kappa shape index (κ1) is 21.7. The van der Waals surface area contributed by atoms with E-state index in [1.165, 1.54) is 25.0 Å². The van der Waals surface area contributed by atoms with Crippen LogP contribution in [0.2, 0.25) is 0 Å². The van der Waals surface area contributed by atoms with E-state index >= 15 is 0 Å². The summed E-state index contributed by atoms with van der Waals surface area (Å²) in [7, 11) is 0. The number of fused-ring (bicyclic) bond motifs is 1. The summed E-state index contributed by atoms with van der Waals surface area (Å²) in [6.45, 7) is 5.42. The summed E-state index contributed by atoms with van der Waals surface area (Å²) in [5, 5.41) is 6.53. The van der Waals surface area contributed by atoms with Crippen molar-refractivity contribution in [2.75, 3.05) is 39.4 Å². The van der Waals surface area contributed by atoms with Gasteiger partial charge in [0, 0.05) is 25.7 Å². The zero-order valence-electron chi connectivity index (χ0n) is 16.7. The van der Waals surface area contributed by atoms with Crippen LogP contribution in [0.4, 0.5) is 13.2 Å². The molecule has 29 heavy (non-hydrogen) atoms. The molecule has 2 aliphatic rings. The fourth-order valence-electron chi connectivity index (χ4n) is 3.59. The van der Waals surface area contributed by atoms with Gasteiger partial charge in [-0.25, -0.2) is 4.99 Å². The molecule has 2 N–H and O–H groups in total.